The first-order valence-electron chi connectivity index (χ1n) is 7.76. The van der Waals surface area contributed by atoms with Crippen LogP contribution in [0.15, 0.2) is 36.7 Å². The first-order valence-corrected chi connectivity index (χ1v) is 7.76. The maximum Gasteiger partial charge on any atom is 0.252 e. The molecular weight excluding hydrogens is 336 g/mol. The standard InChI is InChI=1S/C19H20N2O5/c1-23-16-11-14(12-17(24-2)18(16)25-3)19(22)21-9-4-5-10-26-15-7-6-8-20-13-15/h6-8,11-13H,9-10H2,1-3H3,(H,21,22). The van der Waals surface area contributed by atoms with Crippen LogP contribution in [0.4, 0.5) is 0 Å². The third-order valence-corrected chi connectivity index (χ3v) is 3.33. The summed E-state index contributed by atoms with van der Waals surface area (Å²) >= 11 is 0. The highest BCUT2D eigenvalue weighted by Crippen LogP contribution is 2.38. The van der Waals surface area contributed by atoms with E-state index in [1.54, 1.807) is 36.7 Å². The lowest BCUT2D eigenvalue weighted by atomic mass is 10.1. The molecule has 0 atom stereocenters. The third-order valence-electron chi connectivity index (χ3n) is 3.33. The Morgan fingerprint density at radius 1 is 1.12 bits per heavy atom. The molecule has 0 unspecified atom stereocenters. The second kappa shape index (κ2) is 9.79. The molecule has 0 saturated carbocycles. The van der Waals surface area contributed by atoms with Crippen molar-refractivity contribution in [3.63, 3.8) is 0 Å². The molecule has 1 aromatic carbocycles. The van der Waals surface area contributed by atoms with Crippen molar-refractivity contribution in [1.29, 1.82) is 0 Å². The van der Waals surface area contributed by atoms with Gasteiger partial charge >= 0.3 is 0 Å². The molecule has 0 aliphatic heterocycles. The SMILES string of the molecule is COc1cc(C(=O)NCC#CCOc2cccnc2)cc(OC)c1OC. The summed E-state index contributed by atoms with van der Waals surface area (Å²) in [5.41, 5.74) is 0.382. The topological polar surface area (TPSA) is 78.9 Å². The zero-order valence-electron chi connectivity index (χ0n) is 14.9. The van der Waals surface area contributed by atoms with Crippen molar-refractivity contribution in [3.05, 3.63) is 42.2 Å². The Morgan fingerprint density at radius 3 is 2.42 bits per heavy atom. The number of nitrogens with zero attached hydrogens (tertiary/aromatic N) is 1. The van der Waals surface area contributed by atoms with Gasteiger partial charge in [0.2, 0.25) is 5.75 Å². The number of hydrogen-bond acceptors (Lipinski definition) is 6. The minimum absolute atomic E-state index is 0.186. The van der Waals surface area contributed by atoms with E-state index in [4.69, 9.17) is 18.9 Å². The van der Waals surface area contributed by atoms with Gasteiger partial charge in [0.05, 0.1) is 34.1 Å². The fourth-order valence-electron chi connectivity index (χ4n) is 2.10. The molecule has 0 radical (unpaired) electrons. The van der Waals surface area contributed by atoms with Crippen LogP contribution in [-0.4, -0.2) is 45.4 Å². The number of carbonyl (C=O) groups is 1. The van der Waals surface area contributed by atoms with Crippen LogP contribution in [0.3, 0.4) is 0 Å². The van der Waals surface area contributed by atoms with E-state index < -0.39 is 0 Å². The highest BCUT2D eigenvalue weighted by atomic mass is 16.5. The first-order chi connectivity index (χ1) is 12.7. The van der Waals surface area contributed by atoms with Crippen LogP contribution in [0, 0.1) is 11.8 Å². The van der Waals surface area contributed by atoms with E-state index in [0.29, 0.717) is 28.6 Å². The van der Waals surface area contributed by atoms with Crippen LogP contribution in [0.2, 0.25) is 0 Å². The van der Waals surface area contributed by atoms with Crippen molar-refractivity contribution in [1.82, 2.24) is 10.3 Å². The maximum absolute atomic E-state index is 12.3. The number of methoxy groups -OCH3 is 3. The van der Waals surface area contributed by atoms with Crippen molar-refractivity contribution in [2.75, 3.05) is 34.5 Å². The molecule has 136 valence electrons. The van der Waals surface area contributed by atoms with Gasteiger partial charge in [-0.3, -0.25) is 9.78 Å². The molecule has 0 bridgehead atoms. The molecule has 0 saturated heterocycles. The number of benzene rings is 1. The Bertz CT molecular complexity index is 772. The van der Waals surface area contributed by atoms with E-state index in [9.17, 15) is 4.79 Å². The Kier molecular flexibility index (Phi) is 7.13. The van der Waals surface area contributed by atoms with E-state index in [2.05, 4.69) is 22.1 Å². The number of amides is 1. The monoisotopic (exact) mass is 356 g/mol. The second-order valence-corrected chi connectivity index (χ2v) is 4.93. The molecule has 26 heavy (non-hydrogen) atoms. The predicted molar refractivity (Wildman–Crippen MR) is 95.9 cm³/mol. The van der Waals surface area contributed by atoms with Crippen molar-refractivity contribution in [3.8, 4) is 34.8 Å². The summed E-state index contributed by atoms with van der Waals surface area (Å²) in [5, 5.41) is 2.71. The van der Waals surface area contributed by atoms with E-state index >= 15 is 0 Å². The summed E-state index contributed by atoms with van der Waals surface area (Å²) in [7, 11) is 4.49. The largest absolute Gasteiger partial charge is 0.493 e. The van der Waals surface area contributed by atoms with Crippen molar-refractivity contribution < 1.29 is 23.7 Å². The summed E-state index contributed by atoms with van der Waals surface area (Å²) in [6.45, 7) is 0.400. The van der Waals surface area contributed by atoms with Crippen LogP contribution < -0.4 is 24.3 Å². The number of carbonyl (C=O) groups excluding carboxylic acids is 1. The van der Waals surface area contributed by atoms with E-state index in [1.165, 1.54) is 21.3 Å². The highest BCUT2D eigenvalue weighted by Gasteiger charge is 2.16. The number of pyridine rings is 1. The Labute approximate surface area is 152 Å². The Hall–Kier alpha value is -3.40. The smallest absolute Gasteiger partial charge is 0.252 e. The fourth-order valence-corrected chi connectivity index (χ4v) is 2.10. The van der Waals surface area contributed by atoms with Gasteiger partial charge < -0.3 is 24.3 Å². The lowest BCUT2D eigenvalue weighted by Crippen LogP contribution is -2.23. The van der Waals surface area contributed by atoms with Crippen molar-refractivity contribution in [2.45, 2.75) is 0 Å². The average molecular weight is 356 g/mol. The zero-order chi connectivity index (χ0) is 18.8. The minimum Gasteiger partial charge on any atom is -0.493 e. The van der Waals surface area contributed by atoms with Gasteiger partial charge in [-0.1, -0.05) is 11.8 Å². The van der Waals surface area contributed by atoms with Crippen LogP contribution in [0.1, 0.15) is 10.4 Å². The van der Waals surface area contributed by atoms with Gasteiger partial charge in [-0.2, -0.15) is 0 Å². The van der Waals surface area contributed by atoms with Gasteiger partial charge in [0.25, 0.3) is 5.91 Å². The lowest BCUT2D eigenvalue weighted by Gasteiger charge is -2.13. The molecule has 2 rings (SSSR count). The zero-order valence-corrected chi connectivity index (χ0v) is 14.9. The summed E-state index contributed by atoms with van der Waals surface area (Å²) in [6, 6.07) is 6.73. The molecule has 0 spiro atoms. The fraction of sp³-hybridized carbons (Fsp3) is 0.263. The van der Waals surface area contributed by atoms with E-state index in [1.807, 2.05) is 0 Å². The van der Waals surface area contributed by atoms with Crippen molar-refractivity contribution >= 4 is 5.91 Å². The number of hydrogen-bond donors (Lipinski definition) is 1. The molecular formula is C19H20N2O5. The van der Waals surface area contributed by atoms with Crippen LogP contribution in [0.25, 0.3) is 0 Å². The van der Waals surface area contributed by atoms with Crippen LogP contribution in [0.5, 0.6) is 23.0 Å². The molecule has 1 aromatic heterocycles. The molecule has 2 aromatic rings. The average Bonchev–Trinajstić information content (AvgIpc) is 2.69. The van der Waals surface area contributed by atoms with Gasteiger partial charge in [0, 0.05) is 11.8 Å². The summed E-state index contributed by atoms with van der Waals surface area (Å²) in [5.74, 6) is 7.23. The second-order valence-electron chi connectivity index (χ2n) is 4.93. The summed E-state index contributed by atoms with van der Waals surface area (Å²) in [6.07, 6.45) is 3.27. The molecule has 1 N–H and O–H groups in total. The molecule has 0 fully saturated rings. The minimum atomic E-state index is -0.299. The molecule has 0 aliphatic rings. The summed E-state index contributed by atoms with van der Waals surface area (Å²) in [4.78, 5) is 16.2. The molecule has 7 heteroatoms. The number of aromatic nitrogens is 1. The third kappa shape index (κ3) is 5.05. The lowest BCUT2D eigenvalue weighted by molar-refractivity contribution is 0.0958. The summed E-state index contributed by atoms with van der Waals surface area (Å²) < 4.78 is 21.1. The van der Waals surface area contributed by atoms with Gasteiger partial charge in [0.1, 0.15) is 12.4 Å². The first kappa shape index (κ1) is 18.9. The van der Waals surface area contributed by atoms with E-state index in [0.717, 1.165) is 0 Å². The Morgan fingerprint density at radius 2 is 1.85 bits per heavy atom. The van der Waals surface area contributed by atoms with Crippen molar-refractivity contribution in [2.24, 2.45) is 0 Å². The highest BCUT2D eigenvalue weighted by molar-refractivity contribution is 5.95. The molecule has 7 nitrogen and oxygen atoms in total. The Balaban J connectivity index is 1.91. The van der Waals surface area contributed by atoms with Gasteiger partial charge in [0.15, 0.2) is 11.5 Å². The number of ether oxygens (including phenoxy) is 4. The predicted octanol–water partition coefficient (Wildman–Crippen LogP) is 1.92. The molecule has 0 aliphatic carbocycles. The number of rotatable bonds is 7. The van der Waals surface area contributed by atoms with Crippen LogP contribution in [-0.2, 0) is 0 Å². The molecule has 1 amide bonds. The van der Waals surface area contributed by atoms with Gasteiger partial charge in [-0.15, -0.1) is 0 Å². The van der Waals surface area contributed by atoms with Gasteiger partial charge in [-0.05, 0) is 24.3 Å². The normalized spacial score (nSPS) is 9.50. The van der Waals surface area contributed by atoms with Crippen LogP contribution >= 0.6 is 0 Å². The van der Waals surface area contributed by atoms with E-state index in [-0.39, 0.29) is 19.1 Å². The maximum atomic E-state index is 12.3. The number of nitrogens with one attached hydrogen (secondary N) is 1. The van der Waals surface area contributed by atoms with Gasteiger partial charge in [-0.25, -0.2) is 0 Å². The quantitative estimate of drug-likeness (QED) is 0.764. The molecule has 1 heterocycles.